The Balaban J connectivity index is 1.85. The number of ether oxygens (including phenoxy) is 1. The molecule has 28 heavy (non-hydrogen) atoms. The van der Waals surface area contributed by atoms with E-state index in [-0.39, 0.29) is 19.6 Å². The summed E-state index contributed by atoms with van der Waals surface area (Å²) in [7, 11) is 1.47. The predicted octanol–water partition coefficient (Wildman–Crippen LogP) is -0.418. The summed E-state index contributed by atoms with van der Waals surface area (Å²) in [5, 5.41) is 6.24. The molecular formula is C18H19ClN4O5. The highest BCUT2D eigenvalue weighted by Gasteiger charge is 2.70. The highest BCUT2D eigenvalue weighted by molar-refractivity contribution is 6.31. The van der Waals surface area contributed by atoms with Gasteiger partial charge in [0, 0.05) is 35.8 Å². The molecule has 2 saturated heterocycles. The van der Waals surface area contributed by atoms with Gasteiger partial charge < -0.3 is 15.8 Å². The second kappa shape index (κ2) is 6.54. The molecule has 4 N–H and O–H groups in total. The number of nitrogens with one attached hydrogen (secondary N) is 2. The molecule has 1 spiro atoms. The standard InChI is InChI=1S/C18H19ClN4O5/c1-28-5-4-23-15(25)13-11(7-12(20)24)22-18(14(13)16(23)26)9-6-8(19)2-3-10(9)21-17(18)27/h2-3,6,11,13-14,22H,4-5,7H2,1H3,(H2,20,24)(H,21,27)/t11-,13-,14+,18+/m1/s1. The third-order valence-corrected chi connectivity index (χ3v) is 5.94. The molecule has 148 valence electrons. The van der Waals surface area contributed by atoms with Crippen molar-refractivity contribution in [1.82, 2.24) is 10.2 Å². The molecule has 4 atom stereocenters. The number of nitrogens with two attached hydrogens (primary N) is 1. The van der Waals surface area contributed by atoms with Crippen molar-refractivity contribution >= 4 is 40.9 Å². The topological polar surface area (TPSA) is 131 Å². The summed E-state index contributed by atoms with van der Waals surface area (Å²) < 4.78 is 4.99. The van der Waals surface area contributed by atoms with Crippen LogP contribution in [0.25, 0.3) is 0 Å². The Morgan fingerprint density at radius 3 is 2.75 bits per heavy atom. The van der Waals surface area contributed by atoms with Gasteiger partial charge in [0.25, 0.3) is 0 Å². The molecule has 9 nitrogen and oxygen atoms in total. The zero-order chi connectivity index (χ0) is 20.2. The Morgan fingerprint density at radius 2 is 2.07 bits per heavy atom. The Hall–Kier alpha value is -2.49. The fourth-order valence-electron chi connectivity index (χ4n) is 4.63. The van der Waals surface area contributed by atoms with Crippen molar-refractivity contribution in [1.29, 1.82) is 0 Å². The fraction of sp³-hybridized carbons (Fsp3) is 0.444. The first-order valence-corrected chi connectivity index (χ1v) is 9.20. The molecule has 0 radical (unpaired) electrons. The van der Waals surface area contributed by atoms with E-state index in [1.807, 2.05) is 0 Å². The van der Waals surface area contributed by atoms with Crippen molar-refractivity contribution < 1.29 is 23.9 Å². The van der Waals surface area contributed by atoms with E-state index in [9.17, 15) is 19.2 Å². The van der Waals surface area contributed by atoms with Crippen LogP contribution in [-0.4, -0.2) is 54.8 Å². The van der Waals surface area contributed by atoms with E-state index in [1.54, 1.807) is 18.2 Å². The van der Waals surface area contributed by atoms with Crippen molar-refractivity contribution in [3.8, 4) is 0 Å². The van der Waals surface area contributed by atoms with Crippen LogP contribution in [0.5, 0.6) is 0 Å². The van der Waals surface area contributed by atoms with E-state index in [4.69, 9.17) is 22.1 Å². The lowest BCUT2D eigenvalue weighted by molar-refractivity contribution is -0.143. The summed E-state index contributed by atoms with van der Waals surface area (Å²) in [6.07, 6.45) is -0.177. The van der Waals surface area contributed by atoms with Gasteiger partial charge in [-0.3, -0.25) is 29.4 Å². The van der Waals surface area contributed by atoms with E-state index >= 15 is 0 Å². The maximum absolute atomic E-state index is 13.2. The van der Waals surface area contributed by atoms with Crippen LogP contribution in [-0.2, 0) is 29.5 Å². The number of hydrogen-bond donors (Lipinski definition) is 3. The monoisotopic (exact) mass is 406 g/mol. The zero-order valence-corrected chi connectivity index (χ0v) is 15.8. The zero-order valence-electron chi connectivity index (χ0n) is 15.0. The van der Waals surface area contributed by atoms with Crippen molar-refractivity contribution in [2.75, 3.05) is 25.6 Å². The van der Waals surface area contributed by atoms with Gasteiger partial charge in [-0.2, -0.15) is 0 Å². The summed E-state index contributed by atoms with van der Waals surface area (Å²) in [5.41, 5.74) is 4.87. The minimum atomic E-state index is -1.49. The summed E-state index contributed by atoms with van der Waals surface area (Å²) >= 11 is 6.14. The van der Waals surface area contributed by atoms with Crippen LogP contribution in [0.2, 0.25) is 5.02 Å². The van der Waals surface area contributed by atoms with Gasteiger partial charge in [-0.15, -0.1) is 0 Å². The van der Waals surface area contributed by atoms with Gasteiger partial charge in [0.1, 0.15) is 5.54 Å². The number of carbonyl (C=O) groups is 4. The van der Waals surface area contributed by atoms with Gasteiger partial charge in [-0.25, -0.2) is 0 Å². The van der Waals surface area contributed by atoms with Crippen LogP contribution in [0.15, 0.2) is 18.2 Å². The number of fused-ring (bicyclic) bond motifs is 4. The first-order chi connectivity index (χ1) is 13.3. The molecule has 1 aromatic rings. The summed E-state index contributed by atoms with van der Waals surface area (Å²) in [5.74, 6) is -3.89. The Kier molecular flexibility index (Phi) is 4.40. The van der Waals surface area contributed by atoms with E-state index in [0.717, 1.165) is 4.90 Å². The maximum atomic E-state index is 13.2. The Bertz CT molecular complexity index is 906. The second-order valence-corrected chi connectivity index (χ2v) is 7.63. The Morgan fingerprint density at radius 1 is 1.32 bits per heavy atom. The summed E-state index contributed by atoms with van der Waals surface area (Å²) in [4.78, 5) is 52.0. The third kappa shape index (κ3) is 2.47. The molecule has 2 fully saturated rings. The number of primary amides is 1. The number of rotatable bonds is 5. The van der Waals surface area contributed by atoms with Gasteiger partial charge >= 0.3 is 0 Å². The number of methoxy groups -OCH3 is 1. The average Bonchev–Trinajstić information content (AvgIpc) is 3.19. The minimum Gasteiger partial charge on any atom is -0.383 e. The number of anilines is 1. The number of imide groups is 1. The predicted molar refractivity (Wildman–Crippen MR) is 98.1 cm³/mol. The van der Waals surface area contributed by atoms with Gasteiger partial charge in [-0.1, -0.05) is 11.6 Å². The van der Waals surface area contributed by atoms with Crippen molar-refractivity contribution in [3.05, 3.63) is 28.8 Å². The highest BCUT2D eigenvalue weighted by atomic mass is 35.5. The van der Waals surface area contributed by atoms with Crippen LogP contribution < -0.4 is 16.4 Å². The third-order valence-electron chi connectivity index (χ3n) is 5.71. The van der Waals surface area contributed by atoms with Gasteiger partial charge in [0.2, 0.25) is 23.6 Å². The molecule has 3 aliphatic heterocycles. The van der Waals surface area contributed by atoms with Gasteiger partial charge in [-0.05, 0) is 18.2 Å². The maximum Gasteiger partial charge on any atom is 0.250 e. The number of likely N-dealkylation sites (tertiary alicyclic amines) is 1. The number of nitrogens with zero attached hydrogens (tertiary/aromatic N) is 1. The molecule has 4 rings (SSSR count). The fourth-order valence-corrected chi connectivity index (χ4v) is 4.80. The molecule has 0 saturated carbocycles. The van der Waals surface area contributed by atoms with E-state index in [0.29, 0.717) is 16.3 Å². The Labute approximate surface area is 165 Å². The van der Waals surface area contributed by atoms with Crippen LogP contribution in [0, 0.1) is 11.8 Å². The molecular weight excluding hydrogens is 388 g/mol. The number of amides is 4. The summed E-state index contributed by atoms with van der Waals surface area (Å²) in [6, 6.07) is 4.12. The molecule has 0 aliphatic carbocycles. The van der Waals surface area contributed by atoms with Gasteiger partial charge in [0.15, 0.2) is 0 Å². The molecule has 4 amide bonds. The lowest BCUT2D eigenvalue weighted by Gasteiger charge is -2.29. The molecule has 0 bridgehead atoms. The molecule has 3 aliphatic rings. The van der Waals surface area contributed by atoms with E-state index < -0.39 is 47.0 Å². The minimum absolute atomic E-state index is 0.0740. The average molecular weight is 407 g/mol. The van der Waals surface area contributed by atoms with Crippen LogP contribution >= 0.6 is 11.6 Å². The molecule has 3 heterocycles. The SMILES string of the molecule is COCCN1C(=O)[C@H]2[C@@H](C1=O)[C@]1(N[C@@H]2CC(N)=O)C(=O)Nc2ccc(Cl)cc21. The summed E-state index contributed by atoms with van der Waals surface area (Å²) in [6.45, 7) is 0.247. The molecule has 0 aromatic heterocycles. The quantitative estimate of drug-likeness (QED) is 0.569. The smallest absolute Gasteiger partial charge is 0.250 e. The van der Waals surface area contributed by atoms with Crippen LogP contribution in [0.3, 0.4) is 0 Å². The number of benzene rings is 1. The van der Waals surface area contributed by atoms with E-state index in [2.05, 4.69) is 10.6 Å². The second-order valence-electron chi connectivity index (χ2n) is 7.20. The molecule has 1 aromatic carbocycles. The van der Waals surface area contributed by atoms with E-state index in [1.165, 1.54) is 7.11 Å². The first-order valence-electron chi connectivity index (χ1n) is 8.83. The molecule has 10 heteroatoms. The first kappa shape index (κ1) is 18.9. The van der Waals surface area contributed by atoms with Crippen molar-refractivity contribution in [3.63, 3.8) is 0 Å². The number of halogens is 1. The van der Waals surface area contributed by atoms with Crippen LogP contribution in [0.4, 0.5) is 5.69 Å². The van der Waals surface area contributed by atoms with Crippen molar-refractivity contribution in [2.24, 2.45) is 17.6 Å². The molecule has 0 unspecified atom stereocenters. The van der Waals surface area contributed by atoms with Crippen LogP contribution in [0.1, 0.15) is 12.0 Å². The highest BCUT2D eigenvalue weighted by Crippen LogP contribution is 2.53. The largest absolute Gasteiger partial charge is 0.383 e. The normalized spacial score (nSPS) is 30.7. The lowest BCUT2D eigenvalue weighted by Crippen LogP contribution is -2.53. The lowest BCUT2D eigenvalue weighted by atomic mass is 9.76. The number of carbonyl (C=O) groups excluding carboxylic acids is 4. The number of hydrogen-bond acceptors (Lipinski definition) is 6. The van der Waals surface area contributed by atoms with Gasteiger partial charge in [0.05, 0.1) is 25.0 Å². The van der Waals surface area contributed by atoms with Crippen molar-refractivity contribution in [2.45, 2.75) is 18.0 Å².